The van der Waals surface area contributed by atoms with Crippen molar-refractivity contribution in [1.82, 2.24) is 20.3 Å². The lowest BCUT2D eigenvalue weighted by molar-refractivity contribution is 0.801. The van der Waals surface area contributed by atoms with Crippen LogP contribution >= 0.6 is 0 Å². The van der Waals surface area contributed by atoms with Crippen molar-refractivity contribution in [2.45, 2.75) is 6.04 Å². The SMILES string of the molecule is c1ccc(C2=NC(c3ccc4ccccc4c3-c3cccc(-c4nc(-c5ccccc5)c(-c5ccccc5)nc4-c4cccnc4)c3)=C(c3ccccc3)NC2c2ccccc2)cc1. The minimum absolute atomic E-state index is 0.183. The molecular formula is C59H41N5. The van der Waals surface area contributed by atoms with Gasteiger partial charge >= 0.3 is 0 Å². The van der Waals surface area contributed by atoms with Gasteiger partial charge in [0.2, 0.25) is 0 Å². The highest BCUT2D eigenvalue weighted by Gasteiger charge is 2.30. The van der Waals surface area contributed by atoms with E-state index >= 15 is 0 Å². The van der Waals surface area contributed by atoms with Crippen molar-refractivity contribution in [2.75, 3.05) is 0 Å². The highest BCUT2D eigenvalue weighted by molar-refractivity contribution is 6.14. The van der Waals surface area contributed by atoms with Crippen LogP contribution in [-0.2, 0) is 0 Å². The fourth-order valence-electron chi connectivity index (χ4n) is 8.81. The number of hydrogen-bond acceptors (Lipinski definition) is 5. The van der Waals surface area contributed by atoms with E-state index in [1.54, 1.807) is 6.20 Å². The van der Waals surface area contributed by atoms with E-state index in [0.717, 1.165) is 106 Å². The van der Waals surface area contributed by atoms with Gasteiger partial charge in [-0.15, -0.1) is 0 Å². The van der Waals surface area contributed by atoms with E-state index in [-0.39, 0.29) is 6.04 Å². The van der Waals surface area contributed by atoms with Crippen LogP contribution < -0.4 is 5.32 Å². The molecule has 1 unspecified atom stereocenters. The van der Waals surface area contributed by atoms with E-state index in [1.165, 1.54) is 0 Å². The normalized spacial score (nSPS) is 13.6. The summed E-state index contributed by atoms with van der Waals surface area (Å²) in [6, 6.07) is 78.0. The molecule has 8 aromatic carbocycles. The molecule has 0 saturated heterocycles. The van der Waals surface area contributed by atoms with Crippen LogP contribution in [0.25, 0.3) is 78.3 Å². The first-order valence-electron chi connectivity index (χ1n) is 21.6. The molecule has 0 bridgehead atoms. The zero-order chi connectivity index (χ0) is 42.7. The zero-order valence-corrected chi connectivity index (χ0v) is 34.9. The van der Waals surface area contributed by atoms with Crippen LogP contribution in [0.4, 0.5) is 0 Å². The molecule has 1 atom stereocenters. The Balaban J connectivity index is 1.17. The van der Waals surface area contributed by atoms with Gasteiger partial charge in [0, 0.05) is 40.2 Å². The van der Waals surface area contributed by atoms with Gasteiger partial charge in [-0.05, 0) is 56.8 Å². The molecule has 0 aliphatic carbocycles. The number of pyridine rings is 1. The van der Waals surface area contributed by atoms with Crippen molar-refractivity contribution in [3.05, 3.63) is 259 Å². The summed E-state index contributed by atoms with van der Waals surface area (Å²) in [5.41, 5.74) is 16.2. The van der Waals surface area contributed by atoms with Gasteiger partial charge < -0.3 is 5.32 Å². The van der Waals surface area contributed by atoms with Crippen molar-refractivity contribution >= 4 is 27.9 Å². The van der Waals surface area contributed by atoms with Gasteiger partial charge in [0.25, 0.3) is 0 Å². The van der Waals surface area contributed by atoms with Crippen molar-refractivity contribution in [2.24, 2.45) is 4.99 Å². The van der Waals surface area contributed by atoms with Crippen LogP contribution in [-0.4, -0.2) is 20.7 Å². The molecule has 0 saturated carbocycles. The Kier molecular flexibility index (Phi) is 10.2. The summed E-state index contributed by atoms with van der Waals surface area (Å²) < 4.78 is 0. The quantitative estimate of drug-likeness (QED) is 0.158. The Hall–Kier alpha value is -8.54. The van der Waals surface area contributed by atoms with Crippen molar-refractivity contribution in [3.63, 3.8) is 0 Å². The predicted molar refractivity (Wildman–Crippen MR) is 263 cm³/mol. The molecule has 11 rings (SSSR count). The Morgan fingerprint density at radius 1 is 0.391 bits per heavy atom. The number of nitrogens with one attached hydrogen (secondary N) is 1. The molecule has 5 nitrogen and oxygen atoms in total. The monoisotopic (exact) mass is 819 g/mol. The van der Waals surface area contributed by atoms with Gasteiger partial charge in [-0.2, -0.15) is 0 Å². The number of aliphatic imine (C=N–C) groups is 1. The molecule has 0 fully saturated rings. The van der Waals surface area contributed by atoms with Crippen LogP contribution in [0.15, 0.2) is 242 Å². The van der Waals surface area contributed by atoms with E-state index in [4.69, 9.17) is 15.0 Å². The summed E-state index contributed by atoms with van der Waals surface area (Å²) in [4.78, 5) is 21.4. The number of aromatic nitrogens is 3. The first-order chi connectivity index (χ1) is 31.8. The van der Waals surface area contributed by atoms with E-state index in [1.807, 2.05) is 36.5 Å². The van der Waals surface area contributed by atoms with Crippen LogP contribution in [0.1, 0.15) is 28.3 Å². The summed E-state index contributed by atoms with van der Waals surface area (Å²) in [7, 11) is 0. The second-order valence-corrected chi connectivity index (χ2v) is 15.8. The van der Waals surface area contributed by atoms with Gasteiger partial charge in [-0.3, -0.25) is 4.98 Å². The summed E-state index contributed by atoms with van der Waals surface area (Å²) in [5.74, 6) is 0. The van der Waals surface area contributed by atoms with Gasteiger partial charge in [-0.1, -0.05) is 206 Å². The fourth-order valence-corrected chi connectivity index (χ4v) is 8.81. The molecule has 302 valence electrons. The average Bonchev–Trinajstić information content (AvgIpc) is 3.39. The number of rotatable bonds is 9. The molecule has 0 amide bonds. The highest BCUT2D eigenvalue weighted by atomic mass is 15.0. The standard InChI is InChI=1S/C59H41N5/c1-6-21-41(22-7-1)52-53(42-23-8-2-9-24-42)63-58(48-33-19-37-60-39-48)57(62-52)47-32-18-31-46(38-47)51-49-34-17-16-20-40(49)35-36-50(51)59-56(45-29-14-5-15-30-45)61-54(43-25-10-3-11-26-43)55(64-59)44-27-12-4-13-28-44/h1-39,54,61H. The second kappa shape index (κ2) is 17.1. The van der Waals surface area contributed by atoms with Crippen LogP contribution in [0.3, 0.4) is 0 Å². The smallest absolute Gasteiger partial charge is 0.0988 e. The van der Waals surface area contributed by atoms with Gasteiger partial charge in [-0.25, -0.2) is 15.0 Å². The molecule has 0 radical (unpaired) electrons. The van der Waals surface area contributed by atoms with Crippen LogP contribution in [0.5, 0.6) is 0 Å². The average molecular weight is 820 g/mol. The third-order valence-electron chi connectivity index (χ3n) is 11.8. The first kappa shape index (κ1) is 38.4. The summed E-state index contributed by atoms with van der Waals surface area (Å²) >= 11 is 0. The van der Waals surface area contributed by atoms with E-state index in [9.17, 15) is 0 Å². The molecule has 1 aliphatic heterocycles. The largest absolute Gasteiger partial charge is 0.370 e. The number of fused-ring (bicyclic) bond motifs is 1. The highest BCUT2D eigenvalue weighted by Crippen LogP contribution is 2.44. The molecular weight excluding hydrogens is 779 g/mol. The van der Waals surface area contributed by atoms with Gasteiger partial charge in [0.15, 0.2) is 0 Å². The zero-order valence-electron chi connectivity index (χ0n) is 34.9. The maximum atomic E-state index is 5.75. The Morgan fingerprint density at radius 2 is 0.906 bits per heavy atom. The molecule has 10 aromatic rings. The maximum absolute atomic E-state index is 5.75. The predicted octanol–water partition coefficient (Wildman–Crippen LogP) is 14.0. The van der Waals surface area contributed by atoms with Crippen molar-refractivity contribution in [1.29, 1.82) is 0 Å². The van der Waals surface area contributed by atoms with Crippen LogP contribution in [0, 0.1) is 0 Å². The molecule has 1 N–H and O–H groups in total. The summed E-state index contributed by atoms with van der Waals surface area (Å²) in [6.45, 7) is 0. The number of hydrogen-bond donors (Lipinski definition) is 1. The van der Waals surface area contributed by atoms with Gasteiger partial charge in [0.1, 0.15) is 0 Å². The fraction of sp³-hybridized carbons (Fsp3) is 0.0169. The Bertz CT molecular complexity index is 3320. The molecule has 3 heterocycles. The Labute approximate surface area is 372 Å². The third-order valence-corrected chi connectivity index (χ3v) is 11.8. The third kappa shape index (κ3) is 7.35. The second-order valence-electron chi connectivity index (χ2n) is 15.8. The van der Waals surface area contributed by atoms with Gasteiger partial charge in [0.05, 0.1) is 45.9 Å². The lowest BCUT2D eigenvalue weighted by Gasteiger charge is -2.31. The molecule has 2 aromatic heterocycles. The molecule has 0 spiro atoms. The van der Waals surface area contributed by atoms with E-state index in [2.05, 4.69) is 204 Å². The molecule has 5 heteroatoms. The Morgan fingerprint density at radius 3 is 1.55 bits per heavy atom. The molecule has 1 aliphatic rings. The first-order valence-corrected chi connectivity index (χ1v) is 21.6. The lowest BCUT2D eigenvalue weighted by Crippen LogP contribution is -2.32. The van der Waals surface area contributed by atoms with E-state index < -0.39 is 0 Å². The minimum atomic E-state index is -0.183. The van der Waals surface area contributed by atoms with Crippen molar-refractivity contribution in [3.8, 4) is 56.2 Å². The van der Waals surface area contributed by atoms with Crippen molar-refractivity contribution < 1.29 is 0 Å². The topological polar surface area (TPSA) is 63.1 Å². The molecule has 64 heavy (non-hydrogen) atoms. The summed E-state index contributed by atoms with van der Waals surface area (Å²) in [6.07, 6.45) is 3.66. The number of benzene rings is 8. The lowest BCUT2D eigenvalue weighted by atomic mass is 9.87. The maximum Gasteiger partial charge on any atom is 0.0988 e. The van der Waals surface area contributed by atoms with Crippen LogP contribution in [0.2, 0.25) is 0 Å². The van der Waals surface area contributed by atoms with E-state index in [0.29, 0.717) is 0 Å². The number of nitrogens with zero attached hydrogens (tertiary/aromatic N) is 4. The minimum Gasteiger partial charge on any atom is -0.370 e. The summed E-state index contributed by atoms with van der Waals surface area (Å²) in [5, 5.41) is 6.30.